The van der Waals surface area contributed by atoms with Crippen LogP contribution in [0.1, 0.15) is 5.56 Å². The van der Waals surface area contributed by atoms with Crippen LogP contribution in [-0.4, -0.2) is 96.8 Å². The third kappa shape index (κ3) is 4.45. The van der Waals surface area contributed by atoms with Gasteiger partial charge >= 0.3 is 5.97 Å². The zero-order valence-electron chi connectivity index (χ0n) is 16.0. The summed E-state index contributed by atoms with van der Waals surface area (Å²) >= 11 is 0. The number of aliphatic carboxylic acids is 1. The quantitative estimate of drug-likeness (QED) is 0.784. The van der Waals surface area contributed by atoms with Crippen molar-refractivity contribution >= 4 is 11.9 Å². The molecule has 2 fully saturated rings. The molecule has 1 N–H and O–H groups in total. The van der Waals surface area contributed by atoms with Gasteiger partial charge in [0, 0.05) is 44.2 Å². The number of ether oxygens (including phenoxy) is 2. The lowest BCUT2D eigenvalue weighted by atomic mass is 10.1. The maximum Gasteiger partial charge on any atom is 0.317 e. The van der Waals surface area contributed by atoms with E-state index in [0.29, 0.717) is 59.1 Å². The molecule has 3 aliphatic rings. The summed E-state index contributed by atoms with van der Waals surface area (Å²) in [4.78, 5) is 30.3. The molecule has 1 aromatic rings. The molecular formula is C20H27N3O5. The maximum absolute atomic E-state index is 13.2. The molecule has 3 aliphatic heterocycles. The van der Waals surface area contributed by atoms with Crippen molar-refractivity contribution in [3.8, 4) is 5.75 Å². The second kappa shape index (κ2) is 8.46. The van der Waals surface area contributed by atoms with Gasteiger partial charge in [-0.15, -0.1) is 0 Å². The highest BCUT2D eigenvalue weighted by Gasteiger charge is 2.36. The van der Waals surface area contributed by atoms with Gasteiger partial charge in [-0.25, -0.2) is 0 Å². The van der Waals surface area contributed by atoms with Crippen molar-refractivity contribution in [2.45, 2.75) is 12.6 Å². The number of carboxylic acids is 1. The monoisotopic (exact) mass is 389 g/mol. The first-order chi connectivity index (χ1) is 13.6. The fraction of sp³-hybridized carbons (Fsp3) is 0.600. The molecule has 0 saturated carbocycles. The molecule has 1 amide bonds. The normalized spacial score (nSPS) is 25.9. The molecule has 0 aliphatic carbocycles. The van der Waals surface area contributed by atoms with Crippen LogP contribution in [-0.2, 0) is 20.9 Å². The first kappa shape index (κ1) is 19.2. The number of benzene rings is 1. The fourth-order valence-corrected chi connectivity index (χ4v) is 4.36. The fourth-order valence-electron chi connectivity index (χ4n) is 4.36. The third-order valence-corrected chi connectivity index (χ3v) is 5.61. The van der Waals surface area contributed by atoms with Crippen LogP contribution in [0, 0.1) is 5.92 Å². The molecule has 4 rings (SSSR count). The highest BCUT2D eigenvalue weighted by Crippen LogP contribution is 2.23. The lowest BCUT2D eigenvalue weighted by molar-refractivity contribution is -0.138. The lowest BCUT2D eigenvalue weighted by Gasteiger charge is -2.32. The number of hydrogen-bond acceptors (Lipinski definition) is 6. The van der Waals surface area contributed by atoms with Gasteiger partial charge in [0.15, 0.2) is 0 Å². The zero-order valence-corrected chi connectivity index (χ0v) is 16.0. The summed E-state index contributed by atoms with van der Waals surface area (Å²) in [6.45, 7) is 5.14. The van der Waals surface area contributed by atoms with Gasteiger partial charge in [0.1, 0.15) is 12.4 Å². The third-order valence-electron chi connectivity index (χ3n) is 5.61. The van der Waals surface area contributed by atoms with Crippen LogP contribution in [0.3, 0.4) is 0 Å². The van der Waals surface area contributed by atoms with Crippen molar-refractivity contribution in [1.29, 1.82) is 0 Å². The number of amides is 1. The van der Waals surface area contributed by atoms with Gasteiger partial charge in [0.05, 0.1) is 32.3 Å². The Bertz CT molecular complexity index is 728. The molecule has 0 unspecified atom stereocenters. The predicted octanol–water partition coefficient (Wildman–Crippen LogP) is 0.125. The van der Waals surface area contributed by atoms with E-state index in [-0.39, 0.29) is 24.4 Å². The Morgan fingerprint density at radius 2 is 1.93 bits per heavy atom. The largest absolute Gasteiger partial charge is 0.492 e. The van der Waals surface area contributed by atoms with Gasteiger partial charge in [-0.3, -0.25) is 19.4 Å². The molecule has 8 nitrogen and oxygen atoms in total. The van der Waals surface area contributed by atoms with Gasteiger partial charge < -0.3 is 19.5 Å². The molecule has 2 atom stereocenters. The van der Waals surface area contributed by atoms with Gasteiger partial charge in [-0.1, -0.05) is 18.2 Å². The second-order valence-corrected chi connectivity index (χ2v) is 7.86. The number of rotatable bonds is 4. The Hall–Kier alpha value is -2.16. The number of carbonyl (C=O) groups is 2. The topological polar surface area (TPSA) is 82.5 Å². The summed E-state index contributed by atoms with van der Waals surface area (Å²) in [5.41, 5.74) is 1.10. The minimum atomic E-state index is -0.831. The molecular weight excluding hydrogens is 362 g/mol. The van der Waals surface area contributed by atoms with E-state index in [4.69, 9.17) is 14.6 Å². The van der Waals surface area contributed by atoms with Crippen LogP contribution >= 0.6 is 0 Å². The molecule has 0 radical (unpaired) electrons. The molecule has 0 spiro atoms. The Balaban J connectivity index is 1.43. The number of para-hydroxylation sites is 1. The van der Waals surface area contributed by atoms with Crippen LogP contribution in [0.25, 0.3) is 0 Å². The Morgan fingerprint density at radius 3 is 2.79 bits per heavy atom. The van der Waals surface area contributed by atoms with Crippen LogP contribution in [0.15, 0.2) is 24.3 Å². The van der Waals surface area contributed by atoms with Crippen LogP contribution < -0.4 is 4.74 Å². The van der Waals surface area contributed by atoms with E-state index in [2.05, 4.69) is 4.90 Å². The van der Waals surface area contributed by atoms with Crippen molar-refractivity contribution < 1.29 is 24.2 Å². The average Bonchev–Trinajstić information content (AvgIpc) is 3.03. The van der Waals surface area contributed by atoms with E-state index in [1.807, 2.05) is 34.1 Å². The zero-order chi connectivity index (χ0) is 19.5. The van der Waals surface area contributed by atoms with E-state index < -0.39 is 5.97 Å². The SMILES string of the molecule is O=C(O)CN1C[C@@H]2COC[C@H](C1)N(C(=O)CN1CCOc3ccccc3C1)C2. The Morgan fingerprint density at radius 1 is 1.07 bits per heavy atom. The van der Waals surface area contributed by atoms with Gasteiger partial charge in [0.2, 0.25) is 5.91 Å². The highest BCUT2D eigenvalue weighted by atomic mass is 16.5. The first-order valence-electron chi connectivity index (χ1n) is 9.83. The molecule has 8 heteroatoms. The highest BCUT2D eigenvalue weighted by molar-refractivity contribution is 5.79. The number of carboxylic acid groups (broad SMARTS) is 1. The number of hydrogen-bond donors (Lipinski definition) is 1. The lowest BCUT2D eigenvalue weighted by Crippen LogP contribution is -2.50. The van der Waals surface area contributed by atoms with Crippen molar-refractivity contribution in [1.82, 2.24) is 14.7 Å². The van der Waals surface area contributed by atoms with E-state index in [1.54, 1.807) is 0 Å². The smallest absolute Gasteiger partial charge is 0.317 e. The number of fused-ring (bicyclic) bond motifs is 4. The molecule has 0 aromatic heterocycles. The minimum Gasteiger partial charge on any atom is -0.492 e. The van der Waals surface area contributed by atoms with Crippen molar-refractivity contribution in [3.63, 3.8) is 0 Å². The summed E-state index contributed by atoms with van der Waals surface area (Å²) in [7, 11) is 0. The van der Waals surface area contributed by atoms with Gasteiger partial charge in [0.25, 0.3) is 0 Å². The van der Waals surface area contributed by atoms with Crippen LogP contribution in [0.4, 0.5) is 0 Å². The predicted molar refractivity (Wildman–Crippen MR) is 101 cm³/mol. The van der Waals surface area contributed by atoms with E-state index >= 15 is 0 Å². The Kier molecular flexibility index (Phi) is 5.79. The summed E-state index contributed by atoms with van der Waals surface area (Å²) in [6, 6.07) is 7.84. The average molecular weight is 389 g/mol. The second-order valence-electron chi connectivity index (χ2n) is 7.86. The molecule has 28 heavy (non-hydrogen) atoms. The van der Waals surface area contributed by atoms with Gasteiger partial charge in [-0.2, -0.15) is 0 Å². The number of carbonyl (C=O) groups excluding carboxylic acids is 1. The standard InChI is InChI=1S/C20H27N3O5/c24-19(11-21-5-6-28-18-4-2-1-3-16(18)9-21)23-8-15-7-22(12-20(25)26)10-17(23)14-27-13-15/h1-4,15,17H,5-14H2,(H,25,26)/t15-,17-/m0/s1. The van der Waals surface area contributed by atoms with E-state index in [9.17, 15) is 9.59 Å². The summed E-state index contributed by atoms with van der Waals surface area (Å²) in [5.74, 6) is 0.281. The summed E-state index contributed by atoms with van der Waals surface area (Å²) in [5, 5.41) is 9.15. The molecule has 152 valence electrons. The van der Waals surface area contributed by atoms with E-state index in [0.717, 1.165) is 11.3 Å². The molecule has 1 aromatic carbocycles. The summed E-state index contributed by atoms with van der Waals surface area (Å²) < 4.78 is 11.5. The molecule has 2 saturated heterocycles. The molecule has 3 heterocycles. The van der Waals surface area contributed by atoms with Crippen molar-refractivity contribution in [2.75, 3.05) is 59.1 Å². The van der Waals surface area contributed by atoms with Crippen molar-refractivity contribution in [3.05, 3.63) is 29.8 Å². The van der Waals surface area contributed by atoms with Gasteiger partial charge in [-0.05, 0) is 6.07 Å². The van der Waals surface area contributed by atoms with E-state index in [1.165, 1.54) is 0 Å². The van der Waals surface area contributed by atoms with Crippen molar-refractivity contribution in [2.24, 2.45) is 5.92 Å². The number of nitrogens with zero attached hydrogens (tertiary/aromatic N) is 3. The van der Waals surface area contributed by atoms with Crippen LogP contribution in [0.2, 0.25) is 0 Å². The van der Waals surface area contributed by atoms with Crippen LogP contribution in [0.5, 0.6) is 5.75 Å². The maximum atomic E-state index is 13.2. The molecule has 2 bridgehead atoms. The first-order valence-corrected chi connectivity index (χ1v) is 9.83. The Labute approximate surface area is 164 Å². The summed E-state index contributed by atoms with van der Waals surface area (Å²) in [6.07, 6.45) is 0. The minimum absolute atomic E-state index is 0.00920.